The molecule has 92 valence electrons. The number of nitrogens with zero attached hydrogens (tertiary/aromatic N) is 1. The van der Waals surface area contributed by atoms with Gasteiger partial charge in [-0.05, 0) is 24.3 Å². The Morgan fingerprint density at radius 2 is 1.89 bits per heavy atom. The number of halogens is 2. The van der Waals surface area contributed by atoms with Crippen LogP contribution >= 0.6 is 12.2 Å². The molecule has 3 N–H and O–H groups in total. The lowest BCUT2D eigenvalue weighted by molar-refractivity contribution is 0.590. The highest BCUT2D eigenvalue weighted by molar-refractivity contribution is 7.80. The Kier molecular flexibility index (Phi) is 3.47. The van der Waals surface area contributed by atoms with Gasteiger partial charge in [-0.3, -0.25) is 0 Å². The fourth-order valence-electron chi connectivity index (χ4n) is 1.40. The van der Waals surface area contributed by atoms with Gasteiger partial charge in [0.15, 0.2) is 0 Å². The van der Waals surface area contributed by atoms with Crippen molar-refractivity contribution in [2.75, 3.05) is 5.32 Å². The second-order valence-corrected chi connectivity index (χ2v) is 3.96. The molecule has 0 saturated carbocycles. The van der Waals surface area contributed by atoms with Crippen molar-refractivity contribution in [3.05, 3.63) is 53.7 Å². The zero-order chi connectivity index (χ0) is 13.1. The number of nitrogens with two attached hydrogens (primary N) is 1. The van der Waals surface area contributed by atoms with Crippen LogP contribution in [0.2, 0.25) is 0 Å². The molecule has 0 unspecified atom stereocenters. The maximum absolute atomic E-state index is 13.4. The third-order valence-corrected chi connectivity index (χ3v) is 2.50. The minimum atomic E-state index is -0.697. The molecule has 0 bridgehead atoms. The molecule has 1 aromatic carbocycles. The van der Waals surface area contributed by atoms with E-state index in [1.54, 1.807) is 6.07 Å². The standard InChI is InChI=1S/C12H9F2N3S/c13-8-2-1-3-9(14)11(8)17-10-6-7(12(15)18)4-5-16-10/h1-6H,(H2,15,18)(H,16,17). The highest BCUT2D eigenvalue weighted by Crippen LogP contribution is 2.22. The van der Waals surface area contributed by atoms with E-state index in [-0.39, 0.29) is 16.5 Å². The molecule has 0 spiro atoms. The molecule has 0 fully saturated rings. The molecule has 0 aliphatic heterocycles. The van der Waals surface area contributed by atoms with Gasteiger partial charge in [0.1, 0.15) is 28.1 Å². The van der Waals surface area contributed by atoms with Crippen molar-refractivity contribution < 1.29 is 8.78 Å². The van der Waals surface area contributed by atoms with E-state index in [9.17, 15) is 8.78 Å². The number of para-hydroxylation sites is 1. The van der Waals surface area contributed by atoms with Gasteiger partial charge in [-0.1, -0.05) is 18.3 Å². The lowest BCUT2D eigenvalue weighted by Gasteiger charge is -2.08. The van der Waals surface area contributed by atoms with Crippen molar-refractivity contribution in [3.63, 3.8) is 0 Å². The second-order valence-electron chi connectivity index (χ2n) is 3.52. The van der Waals surface area contributed by atoms with Crippen LogP contribution in [-0.2, 0) is 0 Å². The molecule has 0 atom stereocenters. The third-order valence-electron chi connectivity index (χ3n) is 2.26. The first-order valence-corrected chi connectivity index (χ1v) is 5.45. The lowest BCUT2D eigenvalue weighted by Crippen LogP contribution is -2.10. The number of pyridine rings is 1. The molecule has 2 rings (SSSR count). The molecule has 3 nitrogen and oxygen atoms in total. The lowest BCUT2D eigenvalue weighted by atomic mass is 10.2. The maximum atomic E-state index is 13.4. The molecule has 18 heavy (non-hydrogen) atoms. The van der Waals surface area contributed by atoms with Gasteiger partial charge in [0.25, 0.3) is 0 Å². The molecule has 6 heteroatoms. The second kappa shape index (κ2) is 5.05. The van der Waals surface area contributed by atoms with Crippen LogP contribution in [0.5, 0.6) is 0 Å². The van der Waals surface area contributed by atoms with Gasteiger partial charge in [0.2, 0.25) is 0 Å². The number of hydrogen-bond acceptors (Lipinski definition) is 3. The third kappa shape index (κ3) is 2.60. The van der Waals surface area contributed by atoms with Crippen molar-refractivity contribution in [2.45, 2.75) is 0 Å². The smallest absolute Gasteiger partial charge is 0.149 e. The van der Waals surface area contributed by atoms with E-state index in [4.69, 9.17) is 18.0 Å². The summed E-state index contributed by atoms with van der Waals surface area (Å²) in [5, 5.41) is 2.56. The number of hydrogen-bond donors (Lipinski definition) is 2. The summed E-state index contributed by atoms with van der Waals surface area (Å²) in [5.41, 5.74) is 5.77. The van der Waals surface area contributed by atoms with Gasteiger partial charge >= 0.3 is 0 Å². The Balaban J connectivity index is 2.34. The van der Waals surface area contributed by atoms with Crippen LogP contribution in [0, 0.1) is 11.6 Å². The molecule has 1 aromatic heterocycles. The summed E-state index contributed by atoms with van der Waals surface area (Å²) in [4.78, 5) is 4.13. The normalized spacial score (nSPS) is 10.1. The van der Waals surface area contributed by atoms with E-state index in [1.807, 2.05) is 0 Å². The predicted molar refractivity (Wildman–Crippen MR) is 69.8 cm³/mol. The molecular formula is C12H9F2N3S. The van der Waals surface area contributed by atoms with Gasteiger partial charge in [-0.25, -0.2) is 13.8 Å². The fraction of sp³-hybridized carbons (Fsp3) is 0. The largest absolute Gasteiger partial charge is 0.389 e. The van der Waals surface area contributed by atoms with Gasteiger partial charge in [0, 0.05) is 11.8 Å². The Morgan fingerprint density at radius 1 is 1.22 bits per heavy atom. The molecule has 2 aromatic rings. The number of nitrogens with one attached hydrogen (secondary N) is 1. The number of rotatable bonds is 3. The molecule has 0 aliphatic carbocycles. The van der Waals surface area contributed by atoms with E-state index in [0.717, 1.165) is 12.1 Å². The van der Waals surface area contributed by atoms with Crippen LogP contribution in [0.3, 0.4) is 0 Å². The van der Waals surface area contributed by atoms with Gasteiger partial charge in [-0.2, -0.15) is 0 Å². The number of benzene rings is 1. The Morgan fingerprint density at radius 3 is 2.50 bits per heavy atom. The van der Waals surface area contributed by atoms with Crippen LogP contribution in [0.1, 0.15) is 5.56 Å². The minimum absolute atomic E-state index is 0.189. The summed E-state index contributed by atoms with van der Waals surface area (Å²) < 4.78 is 26.8. The van der Waals surface area contributed by atoms with Gasteiger partial charge in [0.05, 0.1) is 0 Å². The molecule has 1 heterocycles. The first kappa shape index (κ1) is 12.4. The SMILES string of the molecule is NC(=S)c1ccnc(Nc2c(F)cccc2F)c1. The number of thiocarbonyl (C=S) groups is 1. The quantitative estimate of drug-likeness (QED) is 0.838. The highest BCUT2D eigenvalue weighted by atomic mass is 32.1. The van der Waals surface area contributed by atoms with Crippen LogP contribution in [-0.4, -0.2) is 9.97 Å². The molecule has 0 saturated heterocycles. The number of aromatic nitrogens is 1. The fourth-order valence-corrected chi connectivity index (χ4v) is 1.52. The van der Waals surface area contributed by atoms with Crippen molar-refractivity contribution in [1.29, 1.82) is 0 Å². The topological polar surface area (TPSA) is 50.9 Å². The number of anilines is 2. The minimum Gasteiger partial charge on any atom is -0.389 e. The summed E-state index contributed by atoms with van der Waals surface area (Å²) in [7, 11) is 0. The average molecular weight is 265 g/mol. The van der Waals surface area contributed by atoms with Crippen molar-refractivity contribution >= 4 is 28.7 Å². The first-order chi connectivity index (χ1) is 8.58. The highest BCUT2D eigenvalue weighted by Gasteiger charge is 2.09. The first-order valence-electron chi connectivity index (χ1n) is 5.05. The van der Waals surface area contributed by atoms with Crippen LogP contribution in [0.15, 0.2) is 36.5 Å². The van der Waals surface area contributed by atoms with Crippen molar-refractivity contribution in [3.8, 4) is 0 Å². The molecule has 0 amide bonds. The summed E-state index contributed by atoms with van der Waals surface area (Å²) in [6, 6.07) is 6.74. The Labute approximate surface area is 108 Å². The average Bonchev–Trinajstić information content (AvgIpc) is 2.34. The Bertz CT molecular complexity index is 581. The van der Waals surface area contributed by atoms with Gasteiger partial charge in [-0.15, -0.1) is 0 Å². The van der Waals surface area contributed by atoms with Crippen LogP contribution < -0.4 is 11.1 Å². The van der Waals surface area contributed by atoms with E-state index in [2.05, 4.69) is 10.3 Å². The molecular weight excluding hydrogens is 256 g/mol. The van der Waals surface area contributed by atoms with Crippen molar-refractivity contribution in [1.82, 2.24) is 4.98 Å². The van der Waals surface area contributed by atoms with Crippen LogP contribution in [0.25, 0.3) is 0 Å². The zero-order valence-corrected chi connectivity index (χ0v) is 9.97. The van der Waals surface area contributed by atoms with E-state index < -0.39 is 11.6 Å². The van der Waals surface area contributed by atoms with E-state index >= 15 is 0 Å². The van der Waals surface area contributed by atoms with E-state index in [0.29, 0.717) is 5.56 Å². The predicted octanol–water partition coefficient (Wildman–Crippen LogP) is 2.74. The summed E-state index contributed by atoms with van der Waals surface area (Å²) in [5.74, 6) is -1.13. The van der Waals surface area contributed by atoms with Crippen molar-refractivity contribution in [2.24, 2.45) is 5.73 Å². The molecule has 0 aliphatic rings. The maximum Gasteiger partial charge on any atom is 0.149 e. The summed E-state index contributed by atoms with van der Waals surface area (Å²) in [6.07, 6.45) is 1.45. The monoisotopic (exact) mass is 265 g/mol. The summed E-state index contributed by atoms with van der Waals surface area (Å²) >= 11 is 4.81. The zero-order valence-electron chi connectivity index (χ0n) is 9.15. The molecule has 0 radical (unpaired) electrons. The van der Waals surface area contributed by atoms with Crippen LogP contribution in [0.4, 0.5) is 20.3 Å². The van der Waals surface area contributed by atoms with Gasteiger partial charge < -0.3 is 11.1 Å². The Hall–Kier alpha value is -2.08. The summed E-state index contributed by atoms with van der Waals surface area (Å²) in [6.45, 7) is 0. The van der Waals surface area contributed by atoms with E-state index in [1.165, 1.54) is 18.3 Å².